The lowest BCUT2D eigenvalue weighted by Gasteiger charge is -2.29. The summed E-state index contributed by atoms with van der Waals surface area (Å²) in [4.78, 5) is 22.0. The van der Waals surface area contributed by atoms with Gasteiger partial charge in [-0.1, -0.05) is 13.8 Å². The fourth-order valence-electron chi connectivity index (χ4n) is 0.897. The van der Waals surface area contributed by atoms with Gasteiger partial charge in [0.2, 0.25) is 0 Å². The van der Waals surface area contributed by atoms with E-state index in [9.17, 15) is 4.57 Å². The van der Waals surface area contributed by atoms with Gasteiger partial charge in [-0.15, -0.1) is 0 Å². The minimum absolute atomic E-state index is 0.199. The molecule has 0 atom stereocenters. The van der Waals surface area contributed by atoms with Crippen molar-refractivity contribution in [2.75, 3.05) is 0 Å². The average Bonchev–Trinajstić information content (AvgIpc) is 1.90. The van der Waals surface area contributed by atoms with Gasteiger partial charge in [0.15, 0.2) is 5.34 Å². The van der Waals surface area contributed by atoms with E-state index in [0.29, 0.717) is 0 Å². The van der Waals surface area contributed by atoms with Crippen molar-refractivity contribution < 1.29 is 19.2 Å². The summed E-state index contributed by atoms with van der Waals surface area (Å²) >= 11 is 0. The summed E-state index contributed by atoms with van der Waals surface area (Å²) in [5.74, 6) is 4.82. The smallest absolute Gasteiger partial charge is 0.322 e. The summed E-state index contributed by atoms with van der Waals surface area (Å²) in [5.41, 5.74) is 0. The van der Waals surface area contributed by atoms with E-state index in [2.05, 4.69) is 4.84 Å². The molecule has 0 aromatic carbocycles. The molecule has 4 N–H and O–H groups in total. The molecule has 0 unspecified atom stereocenters. The molecule has 0 aliphatic rings. The molecule has 0 saturated heterocycles. The minimum Gasteiger partial charge on any atom is -0.322 e. The molecule has 0 fully saturated rings. The second-order valence-corrected chi connectivity index (χ2v) is 4.22. The maximum Gasteiger partial charge on any atom is 0.359 e. The first kappa shape index (κ1) is 11.1. The van der Waals surface area contributed by atoms with Crippen molar-refractivity contribution in [3.05, 3.63) is 0 Å². The summed E-state index contributed by atoms with van der Waals surface area (Å²) in [6.07, 6.45) is 0.397. The Hall–Kier alpha value is 0.0700. The monoisotopic (exact) mass is 183 g/mol. The van der Waals surface area contributed by atoms with E-state index >= 15 is 0 Å². The molecule has 0 heterocycles. The molecule has 0 amide bonds. The van der Waals surface area contributed by atoms with Crippen molar-refractivity contribution in [3.8, 4) is 0 Å². The third-order valence-corrected chi connectivity index (χ3v) is 3.65. The van der Waals surface area contributed by atoms with E-state index in [1.54, 1.807) is 13.8 Å². The van der Waals surface area contributed by atoms with E-state index < -0.39 is 12.9 Å². The SMILES string of the molecule is CCC(CC)(ON)P(=O)(O)O. The van der Waals surface area contributed by atoms with E-state index in [1.807, 2.05) is 0 Å². The van der Waals surface area contributed by atoms with E-state index in [1.165, 1.54) is 0 Å². The van der Waals surface area contributed by atoms with Crippen molar-refractivity contribution >= 4 is 7.60 Å². The third-order valence-electron chi connectivity index (χ3n) is 1.86. The Morgan fingerprint density at radius 1 is 1.45 bits per heavy atom. The lowest BCUT2D eigenvalue weighted by molar-refractivity contribution is -0.00787. The highest BCUT2D eigenvalue weighted by Gasteiger charge is 2.45. The van der Waals surface area contributed by atoms with E-state index in [0.717, 1.165) is 0 Å². The molecule has 0 radical (unpaired) electrons. The molecule has 11 heavy (non-hydrogen) atoms. The molecule has 0 aliphatic heterocycles. The lowest BCUT2D eigenvalue weighted by atomic mass is 10.2. The molecule has 0 saturated carbocycles. The zero-order chi connectivity index (χ0) is 9.12. The zero-order valence-electron chi connectivity index (χ0n) is 6.65. The predicted octanol–water partition coefficient (Wildman–Crippen LogP) is 0.571. The summed E-state index contributed by atoms with van der Waals surface area (Å²) in [7, 11) is -4.25. The Morgan fingerprint density at radius 2 is 1.82 bits per heavy atom. The topological polar surface area (TPSA) is 92.8 Å². The fourth-order valence-corrected chi connectivity index (χ4v) is 1.86. The summed E-state index contributed by atoms with van der Waals surface area (Å²) in [6, 6.07) is 0. The average molecular weight is 183 g/mol. The quantitative estimate of drug-likeness (QED) is 0.437. The molecule has 0 aromatic rings. The van der Waals surface area contributed by atoms with Crippen LogP contribution in [0.4, 0.5) is 0 Å². The molecule has 5 nitrogen and oxygen atoms in total. The van der Waals surface area contributed by atoms with E-state index in [-0.39, 0.29) is 12.8 Å². The lowest BCUT2D eigenvalue weighted by Crippen LogP contribution is -2.33. The van der Waals surface area contributed by atoms with E-state index in [4.69, 9.17) is 15.7 Å². The Balaban J connectivity index is 4.70. The van der Waals surface area contributed by atoms with Gasteiger partial charge in [0.05, 0.1) is 0 Å². The highest BCUT2D eigenvalue weighted by atomic mass is 31.2. The van der Waals surface area contributed by atoms with Gasteiger partial charge in [0, 0.05) is 0 Å². The second kappa shape index (κ2) is 3.65. The largest absolute Gasteiger partial charge is 0.359 e. The van der Waals surface area contributed by atoms with Gasteiger partial charge in [-0.25, -0.2) is 5.90 Å². The Labute approximate surface area is 65.7 Å². The third kappa shape index (κ3) is 2.01. The molecule has 0 aromatic heterocycles. The van der Waals surface area contributed by atoms with Gasteiger partial charge in [0.1, 0.15) is 0 Å². The van der Waals surface area contributed by atoms with Crippen molar-refractivity contribution in [1.82, 2.24) is 0 Å². The van der Waals surface area contributed by atoms with Crippen LogP contribution >= 0.6 is 7.60 Å². The predicted molar refractivity (Wildman–Crippen MR) is 40.6 cm³/mol. The number of hydrogen-bond donors (Lipinski definition) is 3. The summed E-state index contributed by atoms with van der Waals surface area (Å²) in [6.45, 7) is 3.24. The van der Waals surface area contributed by atoms with Crippen molar-refractivity contribution in [2.45, 2.75) is 32.0 Å². The van der Waals surface area contributed by atoms with Crippen molar-refractivity contribution in [2.24, 2.45) is 5.90 Å². The Bertz CT molecular complexity index is 154. The van der Waals surface area contributed by atoms with Crippen molar-refractivity contribution in [1.29, 1.82) is 0 Å². The van der Waals surface area contributed by atoms with Crippen LogP contribution in [0.25, 0.3) is 0 Å². The molecular formula is C5H14NO4P. The normalized spacial score (nSPS) is 13.5. The Morgan fingerprint density at radius 3 is 1.82 bits per heavy atom. The van der Waals surface area contributed by atoms with Crippen LogP contribution in [-0.2, 0) is 9.40 Å². The summed E-state index contributed by atoms with van der Waals surface area (Å²) < 4.78 is 10.8. The van der Waals surface area contributed by atoms with Gasteiger partial charge in [-0.3, -0.25) is 9.40 Å². The van der Waals surface area contributed by atoms with Crippen LogP contribution in [0, 0.1) is 0 Å². The molecule has 68 valence electrons. The molecule has 0 spiro atoms. The highest BCUT2D eigenvalue weighted by Crippen LogP contribution is 2.54. The first-order valence-corrected chi connectivity index (χ1v) is 4.98. The number of nitrogens with two attached hydrogens (primary N) is 1. The highest BCUT2D eigenvalue weighted by molar-refractivity contribution is 7.53. The van der Waals surface area contributed by atoms with Crippen molar-refractivity contribution in [3.63, 3.8) is 0 Å². The van der Waals surface area contributed by atoms with Crippen LogP contribution in [0.3, 0.4) is 0 Å². The molecule has 0 bridgehead atoms. The number of rotatable bonds is 4. The molecular weight excluding hydrogens is 169 g/mol. The maximum absolute atomic E-state index is 10.8. The molecule has 0 rings (SSSR count). The first-order chi connectivity index (χ1) is 4.93. The van der Waals surface area contributed by atoms with Crippen LogP contribution in [0.5, 0.6) is 0 Å². The zero-order valence-corrected chi connectivity index (χ0v) is 7.54. The van der Waals surface area contributed by atoms with Crippen LogP contribution in [0.2, 0.25) is 0 Å². The van der Waals surface area contributed by atoms with Gasteiger partial charge in [-0.2, -0.15) is 0 Å². The standard InChI is InChI=1S/C5H14NO4P/c1-3-5(4-2,10-6)11(7,8)9/h3-4,6H2,1-2H3,(H2,7,8,9). The molecule has 0 aliphatic carbocycles. The first-order valence-electron chi connectivity index (χ1n) is 3.37. The Kier molecular flexibility index (Phi) is 3.67. The van der Waals surface area contributed by atoms with Gasteiger partial charge in [-0.05, 0) is 12.8 Å². The van der Waals surface area contributed by atoms with Gasteiger partial charge >= 0.3 is 7.60 Å². The molecule has 6 heteroatoms. The van der Waals surface area contributed by atoms with Gasteiger partial charge < -0.3 is 9.79 Å². The second-order valence-electron chi connectivity index (χ2n) is 2.32. The fraction of sp³-hybridized carbons (Fsp3) is 1.00. The van der Waals surface area contributed by atoms with Crippen LogP contribution in [0.1, 0.15) is 26.7 Å². The minimum atomic E-state index is -4.25. The van der Waals surface area contributed by atoms with Crippen LogP contribution in [0.15, 0.2) is 0 Å². The van der Waals surface area contributed by atoms with Gasteiger partial charge in [0.25, 0.3) is 0 Å². The van der Waals surface area contributed by atoms with Crippen LogP contribution < -0.4 is 5.90 Å². The van der Waals surface area contributed by atoms with Crippen LogP contribution in [-0.4, -0.2) is 15.1 Å². The summed E-state index contributed by atoms with van der Waals surface area (Å²) in [5, 5.41) is -1.49. The maximum atomic E-state index is 10.8. The number of hydrogen-bond acceptors (Lipinski definition) is 3.